The first-order valence-corrected chi connectivity index (χ1v) is 5.51. The van der Waals surface area contributed by atoms with Crippen molar-refractivity contribution in [3.8, 4) is 0 Å². The van der Waals surface area contributed by atoms with Gasteiger partial charge >= 0.3 is 0 Å². The molecule has 0 amide bonds. The molecular weight excluding hydrogens is 200 g/mol. The summed E-state index contributed by atoms with van der Waals surface area (Å²) in [5.41, 5.74) is 7.99. The number of rotatable bonds is 6. The minimum Gasteiger partial charge on any atom is -0.395 e. The first-order chi connectivity index (χ1) is 7.69. The third-order valence-electron chi connectivity index (χ3n) is 2.50. The maximum absolute atomic E-state index is 8.97. The molecule has 3 nitrogen and oxygen atoms in total. The molecule has 0 spiro atoms. The first kappa shape index (κ1) is 12.7. The Bertz CT molecular complexity index is 319. The fourth-order valence-electron chi connectivity index (χ4n) is 1.59. The summed E-state index contributed by atoms with van der Waals surface area (Å²) in [5, 5.41) is 8.97. The average molecular weight is 220 g/mol. The Kier molecular flexibility index (Phi) is 5.02. The highest BCUT2D eigenvalue weighted by Crippen LogP contribution is 2.17. The van der Waals surface area contributed by atoms with Crippen LogP contribution < -0.4 is 10.6 Å². The predicted molar refractivity (Wildman–Crippen MR) is 68.5 cm³/mol. The highest BCUT2D eigenvalue weighted by molar-refractivity contribution is 5.48. The number of anilines is 1. The normalized spacial score (nSPS) is 12.2. The zero-order valence-electron chi connectivity index (χ0n) is 9.76. The fourth-order valence-corrected chi connectivity index (χ4v) is 1.59. The summed E-state index contributed by atoms with van der Waals surface area (Å²) in [6.45, 7) is 7.16. The van der Waals surface area contributed by atoms with Crippen molar-refractivity contribution in [2.45, 2.75) is 13.0 Å². The molecule has 1 rings (SSSR count). The molecule has 3 heteroatoms. The van der Waals surface area contributed by atoms with Gasteiger partial charge in [0.15, 0.2) is 0 Å². The summed E-state index contributed by atoms with van der Waals surface area (Å²) >= 11 is 0. The molecule has 1 atom stereocenters. The molecule has 0 aliphatic rings. The lowest BCUT2D eigenvalue weighted by Crippen LogP contribution is -2.26. The van der Waals surface area contributed by atoms with Crippen LogP contribution in [0.25, 0.3) is 0 Å². The van der Waals surface area contributed by atoms with Crippen LogP contribution in [0, 0.1) is 0 Å². The molecule has 0 unspecified atom stereocenters. The molecular formula is C13H20N2O. The number of nitrogens with zero attached hydrogens (tertiary/aromatic N) is 1. The molecule has 16 heavy (non-hydrogen) atoms. The predicted octanol–water partition coefficient (Wildman–Crippen LogP) is 1.69. The van der Waals surface area contributed by atoms with Crippen LogP contribution in [0.1, 0.15) is 18.5 Å². The van der Waals surface area contributed by atoms with Crippen LogP contribution in [0.5, 0.6) is 0 Å². The van der Waals surface area contributed by atoms with Gasteiger partial charge in [0.1, 0.15) is 0 Å². The number of benzene rings is 1. The molecule has 0 saturated heterocycles. The maximum atomic E-state index is 8.97. The van der Waals surface area contributed by atoms with E-state index in [1.54, 1.807) is 0 Å². The van der Waals surface area contributed by atoms with Crippen molar-refractivity contribution >= 4 is 5.69 Å². The lowest BCUT2D eigenvalue weighted by molar-refractivity contribution is 0.303. The van der Waals surface area contributed by atoms with E-state index in [4.69, 9.17) is 10.8 Å². The van der Waals surface area contributed by atoms with Gasteiger partial charge in [0, 0.05) is 24.8 Å². The molecule has 0 aliphatic carbocycles. The van der Waals surface area contributed by atoms with Crippen molar-refractivity contribution in [3.05, 3.63) is 42.5 Å². The molecule has 1 aromatic carbocycles. The lowest BCUT2D eigenvalue weighted by Gasteiger charge is -2.22. The minimum atomic E-state index is 0.0553. The first-order valence-electron chi connectivity index (χ1n) is 5.51. The molecule has 0 heterocycles. The Morgan fingerprint density at radius 1 is 1.44 bits per heavy atom. The fraction of sp³-hybridized carbons (Fsp3) is 0.385. The van der Waals surface area contributed by atoms with E-state index in [1.165, 1.54) is 0 Å². The number of aliphatic hydroxyl groups excluding tert-OH is 1. The zero-order valence-corrected chi connectivity index (χ0v) is 9.76. The molecule has 0 aliphatic heterocycles. The molecule has 0 fully saturated rings. The van der Waals surface area contributed by atoms with Crippen molar-refractivity contribution in [2.24, 2.45) is 5.73 Å². The number of nitrogens with two attached hydrogens (primary N) is 1. The Labute approximate surface area is 97.2 Å². The van der Waals surface area contributed by atoms with E-state index in [0.717, 1.165) is 17.8 Å². The zero-order chi connectivity index (χ0) is 12.0. The van der Waals surface area contributed by atoms with Crippen molar-refractivity contribution in [3.63, 3.8) is 0 Å². The van der Waals surface area contributed by atoms with Gasteiger partial charge in [-0.3, -0.25) is 0 Å². The van der Waals surface area contributed by atoms with Crippen LogP contribution in [0.3, 0.4) is 0 Å². The Morgan fingerprint density at radius 3 is 2.50 bits per heavy atom. The monoisotopic (exact) mass is 220 g/mol. The summed E-state index contributed by atoms with van der Waals surface area (Å²) < 4.78 is 0. The second-order valence-corrected chi connectivity index (χ2v) is 3.84. The SMILES string of the molecule is C=CCN(CCO)c1ccc([C@@H](C)N)cc1. The molecule has 1 aromatic rings. The summed E-state index contributed by atoms with van der Waals surface area (Å²) in [6, 6.07) is 8.15. The summed E-state index contributed by atoms with van der Waals surface area (Å²) in [4.78, 5) is 2.07. The Hall–Kier alpha value is -1.32. The van der Waals surface area contributed by atoms with Gasteiger partial charge < -0.3 is 15.7 Å². The standard InChI is InChI=1S/C13H20N2O/c1-3-8-15(9-10-16)13-6-4-12(5-7-13)11(2)14/h3-7,11,16H,1,8-10,14H2,2H3/t11-/m1/s1. The molecule has 0 aromatic heterocycles. The lowest BCUT2D eigenvalue weighted by atomic mass is 10.1. The summed E-state index contributed by atoms with van der Waals surface area (Å²) in [5.74, 6) is 0. The van der Waals surface area contributed by atoms with Crippen molar-refractivity contribution in [2.75, 3.05) is 24.6 Å². The number of hydrogen-bond acceptors (Lipinski definition) is 3. The second-order valence-electron chi connectivity index (χ2n) is 3.84. The largest absolute Gasteiger partial charge is 0.395 e. The molecule has 0 saturated carbocycles. The Balaban J connectivity index is 2.80. The Morgan fingerprint density at radius 2 is 2.06 bits per heavy atom. The summed E-state index contributed by atoms with van der Waals surface area (Å²) in [7, 11) is 0. The van der Waals surface area contributed by atoms with Crippen molar-refractivity contribution < 1.29 is 5.11 Å². The molecule has 88 valence electrons. The van der Waals surface area contributed by atoms with Gasteiger partial charge in [-0.05, 0) is 24.6 Å². The molecule has 0 bridgehead atoms. The van der Waals surface area contributed by atoms with E-state index in [0.29, 0.717) is 6.54 Å². The highest BCUT2D eigenvalue weighted by atomic mass is 16.3. The quantitative estimate of drug-likeness (QED) is 0.717. The van der Waals surface area contributed by atoms with Gasteiger partial charge in [0.25, 0.3) is 0 Å². The van der Waals surface area contributed by atoms with Crippen LogP contribution in [-0.2, 0) is 0 Å². The van der Waals surface area contributed by atoms with E-state index < -0.39 is 0 Å². The van der Waals surface area contributed by atoms with Gasteiger partial charge in [-0.15, -0.1) is 6.58 Å². The summed E-state index contributed by atoms with van der Waals surface area (Å²) in [6.07, 6.45) is 1.83. The van der Waals surface area contributed by atoms with Gasteiger partial charge in [-0.25, -0.2) is 0 Å². The molecule has 3 N–H and O–H groups in total. The topological polar surface area (TPSA) is 49.5 Å². The van der Waals surface area contributed by atoms with E-state index in [1.807, 2.05) is 37.3 Å². The van der Waals surface area contributed by atoms with E-state index in [-0.39, 0.29) is 12.6 Å². The highest BCUT2D eigenvalue weighted by Gasteiger charge is 2.04. The van der Waals surface area contributed by atoms with Crippen LogP contribution in [0.4, 0.5) is 5.69 Å². The van der Waals surface area contributed by atoms with Crippen LogP contribution in [0.2, 0.25) is 0 Å². The minimum absolute atomic E-state index is 0.0553. The van der Waals surface area contributed by atoms with Crippen molar-refractivity contribution in [1.82, 2.24) is 0 Å². The van der Waals surface area contributed by atoms with Gasteiger partial charge in [0.2, 0.25) is 0 Å². The number of hydrogen-bond donors (Lipinski definition) is 2. The second kappa shape index (κ2) is 6.30. The average Bonchev–Trinajstić information content (AvgIpc) is 2.29. The third-order valence-corrected chi connectivity index (χ3v) is 2.50. The van der Waals surface area contributed by atoms with Gasteiger partial charge in [0.05, 0.1) is 6.61 Å². The smallest absolute Gasteiger partial charge is 0.0606 e. The van der Waals surface area contributed by atoms with Crippen LogP contribution in [-0.4, -0.2) is 24.8 Å². The van der Waals surface area contributed by atoms with Crippen molar-refractivity contribution in [1.29, 1.82) is 0 Å². The van der Waals surface area contributed by atoms with Gasteiger partial charge in [-0.2, -0.15) is 0 Å². The van der Waals surface area contributed by atoms with Crippen LogP contribution in [0.15, 0.2) is 36.9 Å². The van der Waals surface area contributed by atoms with Gasteiger partial charge in [-0.1, -0.05) is 18.2 Å². The third kappa shape index (κ3) is 3.36. The maximum Gasteiger partial charge on any atom is 0.0606 e. The number of aliphatic hydroxyl groups is 1. The van der Waals surface area contributed by atoms with Crippen LogP contribution >= 0.6 is 0 Å². The van der Waals surface area contributed by atoms with E-state index in [9.17, 15) is 0 Å². The van der Waals surface area contributed by atoms with E-state index in [2.05, 4.69) is 11.5 Å². The van der Waals surface area contributed by atoms with E-state index >= 15 is 0 Å². The molecule has 0 radical (unpaired) electrons.